The number of piperazine rings is 1. The maximum atomic E-state index is 12.4. The van der Waals surface area contributed by atoms with E-state index >= 15 is 0 Å². The van der Waals surface area contributed by atoms with Gasteiger partial charge in [-0.2, -0.15) is 0 Å². The van der Waals surface area contributed by atoms with Gasteiger partial charge in [0, 0.05) is 36.8 Å². The van der Waals surface area contributed by atoms with Gasteiger partial charge in [0.05, 0.1) is 18.5 Å². The summed E-state index contributed by atoms with van der Waals surface area (Å²) in [5, 5.41) is 12.7. The Kier molecular flexibility index (Phi) is 6.73. The number of hydrogen-bond acceptors (Lipinski definition) is 6. The third-order valence-corrected chi connectivity index (χ3v) is 4.78. The second kappa shape index (κ2) is 9.45. The number of carboxylic acids is 1. The van der Waals surface area contributed by atoms with Gasteiger partial charge in [-0.05, 0) is 31.2 Å². The summed E-state index contributed by atoms with van der Waals surface area (Å²) < 4.78 is 4.99. The highest BCUT2D eigenvalue weighted by Gasteiger charge is 2.26. The van der Waals surface area contributed by atoms with Crippen LogP contribution >= 0.6 is 11.6 Å². The van der Waals surface area contributed by atoms with Crippen LogP contribution in [0.1, 0.15) is 27.6 Å². The Labute approximate surface area is 178 Å². The summed E-state index contributed by atoms with van der Waals surface area (Å²) >= 11 is 5.90. The molecule has 2 aromatic rings. The summed E-state index contributed by atoms with van der Waals surface area (Å²) in [4.78, 5) is 43.6. The number of benzene rings is 1. The van der Waals surface area contributed by atoms with Gasteiger partial charge in [-0.25, -0.2) is 14.6 Å². The first-order chi connectivity index (χ1) is 14.4. The van der Waals surface area contributed by atoms with Crippen LogP contribution in [0.5, 0.6) is 0 Å². The van der Waals surface area contributed by atoms with Gasteiger partial charge >= 0.3 is 12.1 Å². The van der Waals surface area contributed by atoms with Gasteiger partial charge < -0.3 is 25.0 Å². The summed E-state index contributed by atoms with van der Waals surface area (Å²) in [6.45, 7) is 3.66. The molecule has 10 heteroatoms. The first-order valence-corrected chi connectivity index (χ1v) is 9.73. The van der Waals surface area contributed by atoms with E-state index in [1.165, 1.54) is 18.3 Å². The largest absolute Gasteiger partial charge is 0.478 e. The van der Waals surface area contributed by atoms with Crippen molar-refractivity contribution in [2.45, 2.75) is 6.92 Å². The van der Waals surface area contributed by atoms with Crippen molar-refractivity contribution in [2.75, 3.05) is 43.0 Å². The number of ether oxygens (including phenoxy) is 1. The van der Waals surface area contributed by atoms with Gasteiger partial charge in [-0.15, -0.1) is 0 Å². The van der Waals surface area contributed by atoms with Crippen molar-refractivity contribution in [1.29, 1.82) is 0 Å². The van der Waals surface area contributed by atoms with E-state index < -0.39 is 11.9 Å². The maximum Gasteiger partial charge on any atom is 0.409 e. The Bertz CT molecular complexity index is 960. The first-order valence-electron chi connectivity index (χ1n) is 9.36. The highest BCUT2D eigenvalue weighted by molar-refractivity contribution is 6.31. The molecule has 1 aromatic carbocycles. The SMILES string of the molecule is CCOC(=O)N1CCN(c2ncc(NC(=O)c3cccc(Cl)c3)cc2C(=O)O)CC1. The number of carbonyl (C=O) groups excluding carboxylic acids is 2. The molecule has 2 N–H and O–H groups in total. The fraction of sp³-hybridized carbons (Fsp3) is 0.300. The Morgan fingerprint density at radius 3 is 2.57 bits per heavy atom. The van der Waals surface area contributed by atoms with Crippen molar-refractivity contribution in [1.82, 2.24) is 9.88 Å². The molecule has 0 spiro atoms. The third-order valence-electron chi connectivity index (χ3n) is 4.55. The van der Waals surface area contributed by atoms with Crippen molar-refractivity contribution >= 4 is 41.1 Å². The van der Waals surface area contributed by atoms with E-state index in [2.05, 4.69) is 10.3 Å². The molecule has 0 radical (unpaired) electrons. The monoisotopic (exact) mass is 432 g/mol. The highest BCUT2D eigenvalue weighted by Crippen LogP contribution is 2.23. The molecule has 2 heterocycles. The second-order valence-corrected chi connectivity index (χ2v) is 6.97. The van der Waals surface area contributed by atoms with E-state index in [0.29, 0.717) is 43.4 Å². The fourth-order valence-corrected chi connectivity index (χ4v) is 3.27. The molecular weight excluding hydrogens is 412 g/mol. The highest BCUT2D eigenvalue weighted by atomic mass is 35.5. The van der Waals surface area contributed by atoms with Crippen LogP contribution < -0.4 is 10.2 Å². The summed E-state index contributed by atoms with van der Waals surface area (Å²) in [6, 6.07) is 7.78. The second-order valence-electron chi connectivity index (χ2n) is 6.54. The van der Waals surface area contributed by atoms with Crippen LogP contribution in [0.15, 0.2) is 36.5 Å². The van der Waals surface area contributed by atoms with Crippen molar-refractivity contribution in [3.05, 3.63) is 52.7 Å². The summed E-state index contributed by atoms with van der Waals surface area (Å²) in [7, 11) is 0. The van der Waals surface area contributed by atoms with Crippen molar-refractivity contribution < 1.29 is 24.2 Å². The molecule has 1 aliphatic heterocycles. The van der Waals surface area contributed by atoms with Gasteiger partial charge in [0.25, 0.3) is 5.91 Å². The number of aromatic carboxylic acids is 1. The number of nitrogens with one attached hydrogen (secondary N) is 1. The van der Waals surface area contributed by atoms with Crippen LogP contribution in [-0.4, -0.2) is 65.7 Å². The number of nitrogens with zero attached hydrogens (tertiary/aromatic N) is 3. The van der Waals surface area contributed by atoms with Crippen molar-refractivity contribution in [2.24, 2.45) is 0 Å². The molecule has 9 nitrogen and oxygen atoms in total. The van der Waals surface area contributed by atoms with Gasteiger partial charge in [-0.3, -0.25) is 4.79 Å². The number of carbonyl (C=O) groups is 3. The molecular formula is C20H21ClN4O5. The van der Waals surface area contributed by atoms with E-state index in [0.717, 1.165) is 0 Å². The first kappa shape index (κ1) is 21.4. The van der Waals surface area contributed by atoms with E-state index in [1.807, 2.05) is 0 Å². The third kappa shape index (κ3) is 4.98. The Morgan fingerprint density at radius 1 is 1.20 bits per heavy atom. The summed E-state index contributed by atoms with van der Waals surface area (Å²) in [5.74, 6) is -1.30. The number of hydrogen-bond donors (Lipinski definition) is 2. The molecule has 0 aliphatic carbocycles. The molecule has 30 heavy (non-hydrogen) atoms. The van der Waals surface area contributed by atoms with Crippen LogP contribution in [0.2, 0.25) is 5.02 Å². The molecule has 158 valence electrons. The number of pyridine rings is 1. The minimum Gasteiger partial charge on any atom is -0.478 e. The van der Waals surface area contributed by atoms with Crippen molar-refractivity contribution in [3.8, 4) is 0 Å². The predicted molar refractivity (Wildman–Crippen MR) is 111 cm³/mol. The number of carboxylic acid groups (broad SMARTS) is 1. The average molecular weight is 433 g/mol. The number of rotatable bonds is 5. The Balaban J connectivity index is 1.74. The molecule has 1 aromatic heterocycles. The topological polar surface area (TPSA) is 112 Å². The lowest BCUT2D eigenvalue weighted by Crippen LogP contribution is -2.49. The molecule has 0 unspecified atom stereocenters. The minimum absolute atomic E-state index is 0.0384. The van der Waals surface area contributed by atoms with Gasteiger partial charge in [0.15, 0.2) is 0 Å². The van der Waals surface area contributed by atoms with Crippen LogP contribution in [0.25, 0.3) is 0 Å². The zero-order valence-corrected chi connectivity index (χ0v) is 17.1. The van der Waals surface area contributed by atoms with E-state index in [4.69, 9.17) is 16.3 Å². The average Bonchev–Trinajstić information content (AvgIpc) is 2.74. The molecule has 1 aliphatic rings. The fourth-order valence-electron chi connectivity index (χ4n) is 3.08. The molecule has 0 bridgehead atoms. The standard InChI is InChI=1S/C20H21ClN4O5/c1-2-30-20(29)25-8-6-24(7-9-25)17-16(19(27)28)11-15(12-22-17)23-18(26)13-4-3-5-14(21)10-13/h3-5,10-12H,2,6-9H2,1H3,(H,23,26)(H,27,28). The number of anilines is 2. The Morgan fingerprint density at radius 2 is 1.93 bits per heavy atom. The van der Waals surface area contributed by atoms with Gasteiger partial charge in [0.1, 0.15) is 11.4 Å². The normalized spacial score (nSPS) is 13.7. The van der Waals surface area contributed by atoms with Crippen molar-refractivity contribution in [3.63, 3.8) is 0 Å². The van der Waals surface area contributed by atoms with Crippen LogP contribution in [0.3, 0.4) is 0 Å². The zero-order valence-electron chi connectivity index (χ0n) is 16.3. The number of amides is 2. The number of aromatic nitrogens is 1. The lowest BCUT2D eigenvalue weighted by molar-refractivity contribution is 0.0695. The van der Waals surface area contributed by atoms with Gasteiger partial charge in [-0.1, -0.05) is 17.7 Å². The Hall–Kier alpha value is -3.33. The zero-order chi connectivity index (χ0) is 21.7. The van der Waals surface area contributed by atoms with Crippen LogP contribution in [0.4, 0.5) is 16.3 Å². The maximum absolute atomic E-state index is 12.4. The van der Waals surface area contributed by atoms with Gasteiger partial charge in [0.2, 0.25) is 0 Å². The smallest absolute Gasteiger partial charge is 0.409 e. The quantitative estimate of drug-likeness (QED) is 0.746. The lowest BCUT2D eigenvalue weighted by atomic mass is 10.2. The minimum atomic E-state index is -1.16. The van der Waals surface area contributed by atoms with E-state index in [-0.39, 0.29) is 23.2 Å². The number of halogens is 1. The van der Waals surface area contributed by atoms with E-state index in [9.17, 15) is 19.5 Å². The molecule has 1 fully saturated rings. The molecule has 3 rings (SSSR count). The predicted octanol–water partition coefficient (Wildman–Crippen LogP) is 2.96. The summed E-state index contributed by atoms with van der Waals surface area (Å²) in [6.07, 6.45) is 1.02. The lowest BCUT2D eigenvalue weighted by Gasteiger charge is -2.35. The van der Waals surface area contributed by atoms with Crippen LogP contribution in [-0.2, 0) is 4.74 Å². The molecule has 1 saturated heterocycles. The summed E-state index contributed by atoms with van der Waals surface area (Å²) in [5.41, 5.74) is 0.563. The molecule has 0 saturated carbocycles. The van der Waals surface area contributed by atoms with E-state index in [1.54, 1.807) is 34.9 Å². The molecule has 2 amide bonds. The van der Waals surface area contributed by atoms with Crippen LogP contribution in [0, 0.1) is 0 Å². The molecule has 0 atom stereocenters.